The van der Waals surface area contributed by atoms with Gasteiger partial charge in [-0.05, 0) is 38.0 Å². The monoisotopic (exact) mass is 441 g/mol. The van der Waals surface area contributed by atoms with Crippen LogP contribution in [-0.4, -0.2) is 44.3 Å². The number of nitrogens with one attached hydrogen (secondary N) is 1. The minimum Gasteiger partial charge on any atom is -0.493 e. The molecule has 1 unspecified atom stereocenters. The number of imidazole rings is 1. The molecule has 31 heavy (non-hydrogen) atoms. The zero-order valence-corrected chi connectivity index (χ0v) is 18.5. The molecule has 0 amide bonds. The maximum Gasteiger partial charge on any atom is 0.197 e. The van der Waals surface area contributed by atoms with Gasteiger partial charge in [-0.25, -0.2) is 4.98 Å². The van der Waals surface area contributed by atoms with E-state index in [1.54, 1.807) is 6.20 Å². The van der Waals surface area contributed by atoms with E-state index >= 15 is 0 Å². The zero-order valence-electron chi connectivity index (χ0n) is 17.6. The Hall–Kier alpha value is -2.29. The Balaban J connectivity index is 1.19. The molecule has 1 saturated heterocycles. The molecule has 2 aromatic heterocycles. The number of nitrogens with zero attached hydrogens (tertiary/aromatic N) is 2. The van der Waals surface area contributed by atoms with Crippen LogP contribution in [0.25, 0.3) is 11.0 Å². The van der Waals surface area contributed by atoms with Crippen LogP contribution in [0.4, 0.5) is 0 Å². The molecule has 2 atom stereocenters. The molecule has 5 rings (SSSR count). The van der Waals surface area contributed by atoms with Crippen molar-refractivity contribution in [3.63, 3.8) is 0 Å². The van der Waals surface area contributed by atoms with Gasteiger partial charge in [-0.15, -0.1) is 0 Å². The number of benzene rings is 1. The summed E-state index contributed by atoms with van der Waals surface area (Å²) in [6.07, 6.45) is 6.93. The van der Waals surface area contributed by atoms with Gasteiger partial charge in [0.15, 0.2) is 10.9 Å². The summed E-state index contributed by atoms with van der Waals surface area (Å²) in [5, 5.41) is 0.466. The topological polar surface area (TPSA) is 86.3 Å². The molecular formula is C23H27N3O4S. The van der Waals surface area contributed by atoms with Gasteiger partial charge in [-0.1, -0.05) is 12.1 Å². The zero-order chi connectivity index (χ0) is 21.3. The second-order valence-corrected chi connectivity index (χ2v) is 9.60. The number of hydrogen-bond donors (Lipinski definition) is 1. The quantitative estimate of drug-likeness (QED) is 0.596. The number of ether oxygens (including phenoxy) is 3. The lowest BCUT2D eigenvalue weighted by molar-refractivity contribution is -0.162. The van der Waals surface area contributed by atoms with Crippen molar-refractivity contribution in [2.45, 2.75) is 61.8 Å². The molecule has 1 aliphatic carbocycles. The number of rotatable bonds is 7. The average molecular weight is 442 g/mol. The summed E-state index contributed by atoms with van der Waals surface area (Å²) < 4.78 is 31.0. The van der Waals surface area contributed by atoms with E-state index in [1.807, 2.05) is 37.3 Å². The van der Waals surface area contributed by atoms with Gasteiger partial charge in [0.25, 0.3) is 0 Å². The van der Waals surface area contributed by atoms with Gasteiger partial charge < -0.3 is 19.2 Å². The Morgan fingerprint density at radius 3 is 2.94 bits per heavy atom. The Bertz CT molecular complexity index is 1060. The first kappa shape index (κ1) is 20.6. The minimum atomic E-state index is -1.32. The highest BCUT2D eigenvalue weighted by molar-refractivity contribution is 7.84. The molecule has 1 spiro atoms. The second-order valence-electron chi connectivity index (χ2n) is 8.24. The van der Waals surface area contributed by atoms with Gasteiger partial charge in [0.05, 0.1) is 52.6 Å². The number of aromatic amines is 1. The van der Waals surface area contributed by atoms with Crippen LogP contribution in [0.3, 0.4) is 0 Å². The van der Waals surface area contributed by atoms with E-state index in [-0.39, 0.29) is 17.6 Å². The van der Waals surface area contributed by atoms with E-state index in [9.17, 15) is 4.21 Å². The fraction of sp³-hybridized carbons (Fsp3) is 0.478. The van der Waals surface area contributed by atoms with Crippen LogP contribution in [0.1, 0.15) is 43.4 Å². The van der Waals surface area contributed by atoms with E-state index in [0.717, 1.165) is 47.3 Å². The predicted octanol–water partition coefficient (Wildman–Crippen LogP) is 4.03. The minimum absolute atomic E-state index is 0.0836. The summed E-state index contributed by atoms with van der Waals surface area (Å²) in [7, 11) is -1.32. The first-order valence-electron chi connectivity index (χ1n) is 10.8. The Morgan fingerprint density at radius 1 is 1.26 bits per heavy atom. The number of fused-ring (bicyclic) bond motifs is 1. The summed E-state index contributed by atoms with van der Waals surface area (Å²) in [4.78, 5) is 12.0. The van der Waals surface area contributed by atoms with Crippen LogP contribution in [-0.2, 0) is 26.0 Å². The SMILES string of the molecule is Cc1c(OCC[C@@H]2COC3(CCCC3)O2)ccnc1CS(=O)c1nc2ccccc2[nH]1. The molecule has 2 fully saturated rings. The van der Waals surface area contributed by atoms with Gasteiger partial charge in [0.1, 0.15) is 5.75 Å². The molecule has 8 heteroatoms. The second kappa shape index (κ2) is 8.68. The van der Waals surface area contributed by atoms with Gasteiger partial charge in [0, 0.05) is 31.0 Å². The van der Waals surface area contributed by atoms with Crippen molar-refractivity contribution < 1.29 is 18.4 Å². The van der Waals surface area contributed by atoms with Gasteiger partial charge >= 0.3 is 0 Å². The van der Waals surface area contributed by atoms with Crippen molar-refractivity contribution in [1.29, 1.82) is 0 Å². The third kappa shape index (κ3) is 4.37. The molecule has 1 aliphatic heterocycles. The molecule has 1 saturated carbocycles. The molecule has 7 nitrogen and oxygen atoms in total. The maximum absolute atomic E-state index is 12.9. The van der Waals surface area contributed by atoms with Crippen LogP contribution in [0, 0.1) is 6.92 Å². The molecule has 0 radical (unpaired) electrons. The van der Waals surface area contributed by atoms with Crippen LogP contribution in [0.5, 0.6) is 5.75 Å². The van der Waals surface area contributed by atoms with E-state index in [2.05, 4.69) is 15.0 Å². The summed E-state index contributed by atoms with van der Waals surface area (Å²) in [5.41, 5.74) is 3.35. The molecule has 1 aromatic carbocycles. The van der Waals surface area contributed by atoms with Crippen LogP contribution in [0.15, 0.2) is 41.7 Å². The van der Waals surface area contributed by atoms with Crippen molar-refractivity contribution in [2.24, 2.45) is 0 Å². The van der Waals surface area contributed by atoms with E-state index in [1.165, 1.54) is 12.8 Å². The summed E-state index contributed by atoms with van der Waals surface area (Å²) in [6, 6.07) is 9.52. The van der Waals surface area contributed by atoms with Gasteiger partial charge in [0.2, 0.25) is 0 Å². The highest BCUT2D eigenvalue weighted by atomic mass is 32.2. The van der Waals surface area contributed by atoms with Gasteiger partial charge in [-0.2, -0.15) is 0 Å². The first-order valence-corrected chi connectivity index (χ1v) is 12.2. The largest absolute Gasteiger partial charge is 0.493 e. The maximum atomic E-state index is 12.9. The number of pyridine rings is 1. The number of aromatic nitrogens is 3. The molecule has 3 heterocycles. The van der Waals surface area contributed by atoms with Crippen LogP contribution < -0.4 is 4.74 Å². The van der Waals surface area contributed by atoms with Crippen LogP contribution in [0.2, 0.25) is 0 Å². The lowest BCUT2D eigenvalue weighted by Crippen LogP contribution is -2.27. The molecule has 0 bridgehead atoms. The van der Waals surface area contributed by atoms with Crippen molar-refractivity contribution in [3.8, 4) is 5.75 Å². The van der Waals surface area contributed by atoms with Crippen LogP contribution >= 0.6 is 0 Å². The Kier molecular flexibility index (Phi) is 5.77. The standard InChI is InChI=1S/C23H27N3O4S/c1-16-20(15-31(27)22-25-18-6-2-3-7-19(18)26-22)24-12-8-21(16)28-13-9-17-14-29-23(30-17)10-4-5-11-23/h2-3,6-8,12,17H,4-5,9-11,13-15H2,1H3,(H,25,26)/t17-,31?/m1/s1. The lowest BCUT2D eigenvalue weighted by Gasteiger charge is -2.22. The average Bonchev–Trinajstić information content (AvgIpc) is 3.51. The summed E-state index contributed by atoms with van der Waals surface area (Å²) in [6.45, 7) is 3.14. The lowest BCUT2D eigenvalue weighted by atomic mass is 10.2. The van der Waals surface area contributed by atoms with E-state index < -0.39 is 10.8 Å². The molecular weight excluding hydrogens is 414 g/mol. The Morgan fingerprint density at radius 2 is 2.10 bits per heavy atom. The third-order valence-corrected chi connectivity index (χ3v) is 7.25. The molecule has 3 aromatic rings. The summed E-state index contributed by atoms with van der Waals surface area (Å²) >= 11 is 0. The summed E-state index contributed by atoms with van der Waals surface area (Å²) in [5.74, 6) is 0.719. The third-order valence-electron chi connectivity index (χ3n) is 6.09. The Labute approximate surface area is 184 Å². The molecule has 164 valence electrons. The van der Waals surface area contributed by atoms with Crippen molar-refractivity contribution >= 4 is 21.8 Å². The number of hydrogen-bond acceptors (Lipinski definition) is 6. The first-order chi connectivity index (χ1) is 15.1. The normalized spacial score (nSPS) is 21.1. The molecule has 2 aliphatic rings. The van der Waals surface area contributed by atoms with Gasteiger partial charge in [-0.3, -0.25) is 9.19 Å². The highest BCUT2D eigenvalue weighted by Gasteiger charge is 2.43. The number of para-hydroxylation sites is 2. The van der Waals surface area contributed by atoms with E-state index in [4.69, 9.17) is 14.2 Å². The fourth-order valence-electron chi connectivity index (χ4n) is 4.33. The van der Waals surface area contributed by atoms with Crippen molar-refractivity contribution in [2.75, 3.05) is 13.2 Å². The number of H-pyrrole nitrogens is 1. The fourth-order valence-corrected chi connectivity index (χ4v) is 5.43. The van der Waals surface area contributed by atoms with E-state index in [0.29, 0.717) is 18.4 Å². The van der Waals surface area contributed by atoms with Crippen molar-refractivity contribution in [3.05, 3.63) is 47.8 Å². The predicted molar refractivity (Wildman–Crippen MR) is 117 cm³/mol. The molecule has 1 N–H and O–H groups in total. The smallest absolute Gasteiger partial charge is 0.197 e. The highest BCUT2D eigenvalue weighted by Crippen LogP contribution is 2.39. The van der Waals surface area contributed by atoms with Crippen molar-refractivity contribution in [1.82, 2.24) is 15.0 Å².